The summed E-state index contributed by atoms with van der Waals surface area (Å²) in [6, 6.07) is 15.9. The first-order chi connectivity index (χ1) is 9.66. The Morgan fingerprint density at radius 2 is 1.75 bits per heavy atom. The minimum atomic E-state index is 0.0271. The minimum absolute atomic E-state index is 0.0271. The summed E-state index contributed by atoms with van der Waals surface area (Å²) in [6.45, 7) is 0. The highest BCUT2D eigenvalue weighted by Crippen LogP contribution is 2.44. The van der Waals surface area contributed by atoms with Gasteiger partial charge in [-0.3, -0.25) is 9.69 Å². The molecular formula is C15H11Br2NOS. The smallest absolute Gasteiger partial charge is 0.238 e. The second kappa shape index (κ2) is 5.92. The van der Waals surface area contributed by atoms with Gasteiger partial charge in [0.25, 0.3) is 0 Å². The Labute approximate surface area is 138 Å². The van der Waals surface area contributed by atoms with Crippen molar-refractivity contribution in [1.82, 2.24) is 0 Å². The van der Waals surface area contributed by atoms with Crippen LogP contribution in [0.5, 0.6) is 0 Å². The summed E-state index contributed by atoms with van der Waals surface area (Å²) in [7, 11) is 0. The second-order valence-electron chi connectivity index (χ2n) is 4.43. The van der Waals surface area contributed by atoms with E-state index in [2.05, 4.69) is 37.9 Å². The summed E-state index contributed by atoms with van der Waals surface area (Å²) >= 11 is 8.66. The van der Waals surface area contributed by atoms with E-state index < -0.39 is 0 Å². The third-order valence-electron chi connectivity index (χ3n) is 3.14. The average Bonchev–Trinajstić information content (AvgIpc) is 2.82. The molecule has 2 aromatic carbocycles. The van der Waals surface area contributed by atoms with Gasteiger partial charge in [-0.25, -0.2) is 0 Å². The number of halogens is 2. The maximum Gasteiger partial charge on any atom is 0.238 e. The highest BCUT2D eigenvalue weighted by molar-refractivity contribution is 9.10. The normalized spacial score (nSPS) is 18.6. The Morgan fingerprint density at radius 3 is 2.45 bits per heavy atom. The van der Waals surface area contributed by atoms with Gasteiger partial charge in [0, 0.05) is 14.6 Å². The molecule has 0 aliphatic carbocycles. The van der Waals surface area contributed by atoms with Crippen LogP contribution in [0.25, 0.3) is 0 Å². The SMILES string of the molecule is O=C1CS[C@H](c2ccccc2Br)N1c1ccc(Br)cc1. The van der Waals surface area contributed by atoms with Crippen molar-refractivity contribution in [3.8, 4) is 0 Å². The van der Waals surface area contributed by atoms with Gasteiger partial charge in [0.2, 0.25) is 5.91 Å². The van der Waals surface area contributed by atoms with Crippen LogP contribution >= 0.6 is 43.6 Å². The van der Waals surface area contributed by atoms with E-state index in [1.165, 1.54) is 0 Å². The summed E-state index contributed by atoms with van der Waals surface area (Å²) < 4.78 is 2.05. The fraction of sp³-hybridized carbons (Fsp3) is 0.133. The number of amides is 1. The summed E-state index contributed by atoms with van der Waals surface area (Å²) in [6.07, 6.45) is 0. The van der Waals surface area contributed by atoms with Crippen molar-refractivity contribution in [2.24, 2.45) is 0 Å². The van der Waals surface area contributed by atoms with Gasteiger partial charge in [0.1, 0.15) is 5.37 Å². The number of thioether (sulfide) groups is 1. The molecular weight excluding hydrogens is 402 g/mol. The first-order valence-corrected chi connectivity index (χ1v) is 8.74. The van der Waals surface area contributed by atoms with Gasteiger partial charge >= 0.3 is 0 Å². The lowest BCUT2D eigenvalue weighted by molar-refractivity contribution is -0.115. The van der Waals surface area contributed by atoms with Crippen LogP contribution in [0.15, 0.2) is 57.5 Å². The zero-order chi connectivity index (χ0) is 14.1. The highest BCUT2D eigenvalue weighted by atomic mass is 79.9. The lowest BCUT2D eigenvalue weighted by atomic mass is 10.2. The van der Waals surface area contributed by atoms with E-state index in [-0.39, 0.29) is 11.3 Å². The maximum absolute atomic E-state index is 12.2. The van der Waals surface area contributed by atoms with Gasteiger partial charge < -0.3 is 0 Å². The van der Waals surface area contributed by atoms with Gasteiger partial charge in [-0.05, 0) is 35.9 Å². The van der Waals surface area contributed by atoms with E-state index in [0.29, 0.717) is 5.75 Å². The highest BCUT2D eigenvalue weighted by Gasteiger charge is 2.34. The number of anilines is 1. The predicted molar refractivity (Wildman–Crippen MR) is 91.0 cm³/mol. The first kappa shape index (κ1) is 14.2. The van der Waals surface area contributed by atoms with Crippen LogP contribution < -0.4 is 4.90 Å². The van der Waals surface area contributed by atoms with Crippen LogP contribution in [0, 0.1) is 0 Å². The van der Waals surface area contributed by atoms with Crippen molar-refractivity contribution < 1.29 is 4.79 Å². The number of benzene rings is 2. The Morgan fingerprint density at radius 1 is 1.05 bits per heavy atom. The molecule has 2 aromatic rings. The largest absolute Gasteiger partial charge is 0.295 e. The van der Waals surface area contributed by atoms with Gasteiger partial charge in [0.15, 0.2) is 0 Å². The molecule has 1 aliphatic rings. The molecule has 0 N–H and O–H groups in total. The van der Waals surface area contributed by atoms with Crippen LogP contribution in [-0.2, 0) is 4.79 Å². The molecule has 1 aliphatic heterocycles. The van der Waals surface area contributed by atoms with Gasteiger partial charge in [-0.15, -0.1) is 11.8 Å². The number of hydrogen-bond acceptors (Lipinski definition) is 2. The molecule has 1 saturated heterocycles. The Hall–Kier alpha value is -0.780. The molecule has 20 heavy (non-hydrogen) atoms. The van der Waals surface area contributed by atoms with E-state index in [4.69, 9.17) is 0 Å². The summed E-state index contributed by atoms with van der Waals surface area (Å²) in [5.41, 5.74) is 2.07. The van der Waals surface area contributed by atoms with Crippen LogP contribution in [0.1, 0.15) is 10.9 Å². The molecule has 3 rings (SSSR count). The van der Waals surface area contributed by atoms with Crippen LogP contribution in [0.2, 0.25) is 0 Å². The molecule has 0 unspecified atom stereocenters. The average molecular weight is 413 g/mol. The zero-order valence-electron chi connectivity index (χ0n) is 10.4. The Kier molecular flexibility index (Phi) is 4.19. The van der Waals surface area contributed by atoms with Gasteiger partial charge in [-0.1, -0.05) is 50.1 Å². The van der Waals surface area contributed by atoms with Crippen molar-refractivity contribution in [1.29, 1.82) is 0 Å². The van der Waals surface area contributed by atoms with Gasteiger partial charge in [0.05, 0.1) is 5.75 Å². The summed E-state index contributed by atoms with van der Waals surface area (Å²) in [5.74, 6) is 0.667. The lowest BCUT2D eigenvalue weighted by Crippen LogP contribution is -2.27. The van der Waals surface area contributed by atoms with Crippen molar-refractivity contribution >= 4 is 55.2 Å². The van der Waals surface area contributed by atoms with Crippen molar-refractivity contribution in [2.45, 2.75) is 5.37 Å². The van der Waals surface area contributed by atoms with Gasteiger partial charge in [-0.2, -0.15) is 0 Å². The standard InChI is InChI=1S/C15H11Br2NOS/c16-10-5-7-11(8-6-10)18-14(19)9-20-15(18)12-3-1-2-4-13(12)17/h1-8,15H,9H2/t15-/m1/s1. The maximum atomic E-state index is 12.2. The van der Waals surface area contributed by atoms with Crippen molar-refractivity contribution in [2.75, 3.05) is 10.7 Å². The molecule has 0 spiro atoms. The number of carbonyl (C=O) groups is 1. The summed E-state index contributed by atoms with van der Waals surface area (Å²) in [4.78, 5) is 14.1. The quantitative estimate of drug-likeness (QED) is 0.692. The fourth-order valence-corrected chi connectivity index (χ4v) is 4.34. The molecule has 1 heterocycles. The molecule has 1 amide bonds. The van der Waals surface area contributed by atoms with Crippen LogP contribution in [-0.4, -0.2) is 11.7 Å². The zero-order valence-corrected chi connectivity index (χ0v) is 14.4. The fourth-order valence-electron chi connectivity index (χ4n) is 2.21. The number of hydrogen-bond donors (Lipinski definition) is 0. The molecule has 0 aromatic heterocycles. The molecule has 0 radical (unpaired) electrons. The number of rotatable bonds is 2. The first-order valence-electron chi connectivity index (χ1n) is 6.10. The molecule has 1 atom stereocenters. The molecule has 2 nitrogen and oxygen atoms in total. The predicted octanol–water partition coefficient (Wildman–Crippen LogP) is 4.99. The lowest BCUT2D eigenvalue weighted by Gasteiger charge is -2.25. The van der Waals surface area contributed by atoms with Crippen LogP contribution in [0.3, 0.4) is 0 Å². The third kappa shape index (κ3) is 2.67. The van der Waals surface area contributed by atoms with E-state index in [9.17, 15) is 4.79 Å². The molecule has 0 bridgehead atoms. The number of nitrogens with zero attached hydrogens (tertiary/aromatic N) is 1. The van der Waals surface area contributed by atoms with Crippen LogP contribution in [0.4, 0.5) is 5.69 Å². The Bertz CT molecular complexity index is 645. The molecule has 1 fully saturated rings. The van der Waals surface area contributed by atoms with Crippen molar-refractivity contribution in [3.63, 3.8) is 0 Å². The topological polar surface area (TPSA) is 20.3 Å². The second-order valence-corrected chi connectivity index (χ2v) is 7.26. The third-order valence-corrected chi connectivity index (χ3v) is 5.59. The van der Waals surface area contributed by atoms with E-state index in [0.717, 1.165) is 20.2 Å². The minimum Gasteiger partial charge on any atom is -0.295 e. The van der Waals surface area contributed by atoms with Crippen molar-refractivity contribution in [3.05, 3.63) is 63.0 Å². The summed E-state index contributed by atoms with van der Waals surface area (Å²) in [5, 5.41) is 0.0271. The van der Waals surface area contributed by atoms with E-state index in [1.807, 2.05) is 47.4 Å². The van der Waals surface area contributed by atoms with E-state index >= 15 is 0 Å². The molecule has 0 saturated carbocycles. The monoisotopic (exact) mass is 411 g/mol. The van der Waals surface area contributed by atoms with E-state index in [1.54, 1.807) is 11.8 Å². The number of carbonyl (C=O) groups excluding carboxylic acids is 1. The Balaban J connectivity index is 2.01. The molecule has 102 valence electrons. The molecule has 5 heteroatoms.